The van der Waals surface area contributed by atoms with E-state index in [0.29, 0.717) is 31.0 Å². The number of nitrogens with zero attached hydrogens (tertiary/aromatic N) is 3. The summed E-state index contributed by atoms with van der Waals surface area (Å²) in [6.45, 7) is 0.824. The molecule has 1 fully saturated rings. The molecule has 3 N–H and O–H groups in total. The molecule has 36 heavy (non-hydrogen) atoms. The lowest BCUT2D eigenvalue weighted by Crippen LogP contribution is -2.38. The average Bonchev–Trinajstić information content (AvgIpc) is 2.85. The number of pyridine rings is 1. The molecule has 3 aromatic rings. The quantitative estimate of drug-likeness (QED) is 0.471. The summed E-state index contributed by atoms with van der Waals surface area (Å²) in [5, 5.41) is 16.9. The lowest BCUT2D eigenvalue weighted by Gasteiger charge is -2.33. The standard InChI is InChI=1S/C24H20Cl2FN5O3S/c25-17-4-1-16(12-28)20(11-17)31-22-19(13-30-23(21(22)26)36(29,34)35)24(33)32-9-7-15(8-10-32)14-2-5-18(27)6-3-14/h1-6,11,13,15H,7-10H2,(H,30,31)(H2,29,34,35). The number of hydrogen-bond donors (Lipinski definition) is 2. The van der Waals surface area contributed by atoms with Crippen molar-refractivity contribution in [3.63, 3.8) is 0 Å². The molecule has 1 aliphatic rings. The molecular weight excluding hydrogens is 528 g/mol. The molecule has 4 rings (SSSR count). The Bertz CT molecular complexity index is 1470. The normalized spacial score (nSPS) is 14.4. The predicted molar refractivity (Wildman–Crippen MR) is 134 cm³/mol. The van der Waals surface area contributed by atoms with Crippen LogP contribution in [-0.2, 0) is 10.0 Å². The Hall–Kier alpha value is -3.23. The second-order valence-electron chi connectivity index (χ2n) is 8.26. The van der Waals surface area contributed by atoms with Crippen LogP contribution in [0, 0.1) is 17.1 Å². The van der Waals surface area contributed by atoms with Crippen LogP contribution >= 0.6 is 23.2 Å². The Morgan fingerprint density at radius 1 is 1.17 bits per heavy atom. The number of aromatic nitrogens is 1. The Balaban J connectivity index is 1.66. The van der Waals surface area contributed by atoms with Gasteiger partial charge in [-0.1, -0.05) is 35.3 Å². The summed E-state index contributed by atoms with van der Waals surface area (Å²) in [4.78, 5) is 18.9. The number of amides is 1. The molecule has 0 radical (unpaired) electrons. The summed E-state index contributed by atoms with van der Waals surface area (Å²) < 4.78 is 37.3. The molecule has 1 saturated heterocycles. The van der Waals surface area contributed by atoms with Gasteiger partial charge in [0.25, 0.3) is 15.9 Å². The average molecular weight is 548 g/mol. The van der Waals surface area contributed by atoms with Crippen molar-refractivity contribution in [1.82, 2.24) is 9.88 Å². The van der Waals surface area contributed by atoms with E-state index in [1.165, 1.54) is 30.3 Å². The number of primary sulfonamides is 1. The van der Waals surface area contributed by atoms with Crippen molar-refractivity contribution in [2.45, 2.75) is 23.8 Å². The first kappa shape index (κ1) is 25.9. The van der Waals surface area contributed by atoms with Crippen molar-refractivity contribution in [2.24, 2.45) is 5.14 Å². The minimum Gasteiger partial charge on any atom is -0.352 e. The molecule has 1 aromatic heterocycles. The maximum Gasteiger partial charge on any atom is 0.257 e. The maximum atomic E-state index is 13.5. The number of rotatable bonds is 5. The van der Waals surface area contributed by atoms with Gasteiger partial charge in [-0.25, -0.2) is 22.9 Å². The highest BCUT2D eigenvalue weighted by Gasteiger charge is 2.29. The molecule has 0 bridgehead atoms. The zero-order valence-corrected chi connectivity index (χ0v) is 21.0. The molecule has 1 aliphatic heterocycles. The van der Waals surface area contributed by atoms with E-state index in [4.69, 9.17) is 28.3 Å². The van der Waals surface area contributed by atoms with Gasteiger partial charge in [-0.3, -0.25) is 4.79 Å². The number of nitrogens with two attached hydrogens (primary N) is 1. The van der Waals surface area contributed by atoms with E-state index in [1.54, 1.807) is 17.0 Å². The molecule has 12 heteroatoms. The molecule has 0 unspecified atom stereocenters. The lowest BCUT2D eigenvalue weighted by atomic mass is 9.89. The minimum atomic E-state index is -4.31. The van der Waals surface area contributed by atoms with Crippen LogP contribution in [0.15, 0.2) is 53.7 Å². The van der Waals surface area contributed by atoms with E-state index in [-0.39, 0.29) is 39.3 Å². The van der Waals surface area contributed by atoms with Gasteiger partial charge in [0.15, 0.2) is 5.03 Å². The number of sulfonamides is 1. The fourth-order valence-electron chi connectivity index (χ4n) is 4.13. The number of benzene rings is 2. The van der Waals surface area contributed by atoms with Crippen LogP contribution in [0.2, 0.25) is 10.0 Å². The predicted octanol–water partition coefficient (Wildman–Crippen LogP) is 4.81. The number of hydrogen-bond acceptors (Lipinski definition) is 6. The van der Waals surface area contributed by atoms with Gasteiger partial charge in [0.2, 0.25) is 0 Å². The second kappa shape index (κ2) is 10.4. The first-order valence-corrected chi connectivity index (χ1v) is 13.1. The highest BCUT2D eigenvalue weighted by Crippen LogP contribution is 2.36. The molecule has 0 atom stereocenters. The van der Waals surface area contributed by atoms with Gasteiger partial charge in [-0.15, -0.1) is 0 Å². The van der Waals surface area contributed by atoms with Crippen molar-refractivity contribution in [3.8, 4) is 6.07 Å². The van der Waals surface area contributed by atoms with Crippen molar-refractivity contribution in [1.29, 1.82) is 5.26 Å². The molecule has 0 spiro atoms. The second-order valence-corrected chi connectivity index (χ2v) is 10.5. The number of halogens is 3. The fraction of sp³-hybridized carbons (Fsp3) is 0.208. The van der Waals surface area contributed by atoms with Crippen molar-refractivity contribution < 1.29 is 17.6 Å². The van der Waals surface area contributed by atoms with Gasteiger partial charge in [-0.2, -0.15) is 5.26 Å². The highest BCUT2D eigenvalue weighted by atomic mass is 35.5. The van der Waals surface area contributed by atoms with E-state index < -0.39 is 21.0 Å². The molecule has 2 aromatic carbocycles. The maximum absolute atomic E-state index is 13.5. The van der Waals surface area contributed by atoms with E-state index in [2.05, 4.69) is 10.3 Å². The van der Waals surface area contributed by atoms with Crippen molar-refractivity contribution >= 4 is 50.5 Å². The number of carbonyl (C=O) groups is 1. The Labute approximate surface area is 217 Å². The number of nitrogens with one attached hydrogen (secondary N) is 1. The van der Waals surface area contributed by atoms with Crippen LogP contribution in [0.25, 0.3) is 0 Å². The third-order valence-corrected chi connectivity index (χ3v) is 7.54. The third kappa shape index (κ3) is 5.44. The fourth-order valence-corrected chi connectivity index (χ4v) is 5.37. The number of anilines is 2. The van der Waals surface area contributed by atoms with Gasteiger partial charge >= 0.3 is 0 Å². The van der Waals surface area contributed by atoms with Gasteiger partial charge in [-0.05, 0) is 54.7 Å². The monoisotopic (exact) mass is 547 g/mol. The molecular formula is C24H20Cl2FN5O3S. The third-order valence-electron chi connectivity index (χ3n) is 5.97. The summed E-state index contributed by atoms with van der Waals surface area (Å²) in [7, 11) is -4.31. The van der Waals surface area contributed by atoms with Crippen LogP contribution in [-0.4, -0.2) is 37.3 Å². The summed E-state index contributed by atoms with van der Waals surface area (Å²) in [6, 6.07) is 12.8. The SMILES string of the molecule is N#Cc1ccc(Cl)cc1Nc1c(C(=O)N2CCC(c3ccc(F)cc3)CC2)cnc(S(N)(=O)=O)c1Cl. The molecule has 0 aliphatic carbocycles. The summed E-state index contributed by atoms with van der Waals surface area (Å²) in [5.41, 5.74) is 1.38. The van der Waals surface area contributed by atoms with Crippen LogP contribution < -0.4 is 10.5 Å². The zero-order chi connectivity index (χ0) is 26.0. The zero-order valence-electron chi connectivity index (χ0n) is 18.7. The summed E-state index contributed by atoms with van der Waals surface area (Å²) >= 11 is 12.5. The van der Waals surface area contributed by atoms with Crippen LogP contribution in [0.5, 0.6) is 0 Å². The van der Waals surface area contributed by atoms with Gasteiger partial charge in [0.05, 0.1) is 22.5 Å². The Kier molecular flexibility index (Phi) is 7.47. The Morgan fingerprint density at radius 3 is 2.44 bits per heavy atom. The van der Waals surface area contributed by atoms with E-state index in [9.17, 15) is 22.9 Å². The van der Waals surface area contributed by atoms with Gasteiger partial charge in [0.1, 0.15) is 16.9 Å². The molecule has 186 valence electrons. The molecule has 2 heterocycles. The summed E-state index contributed by atoms with van der Waals surface area (Å²) in [5.74, 6) is -0.563. The first-order valence-electron chi connectivity index (χ1n) is 10.8. The van der Waals surface area contributed by atoms with Crippen LogP contribution in [0.4, 0.5) is 15.8 Å². The largest absolute Gasteiger partial charge is 0.352 e. The number of nitriles is 1. The molecule has 0 saturated carbocycles. The number of likely N-dealkylation sites (tertiary alicyclic amines) is 1. The van der Waals surface area contributed by atoms with Crippen molar-refractivity contribution in [3.05, 3.63) is 81.2 Å². The lowest BCUT2D eigenvalue weighted by molar-refractivity contribution is 0.0713. The van der Waals surface area contributed by atoms with E-state index in [0.717, 1.165) is 11.8 Å². The Morgan fingerprint density at radius 2 is 1.83 bits per heavy atom. The molecule has 8 nitrogen and oxygen atoms in total. The number of piperidine rings is 1. The van der Waals surface area contributed by atoms with Gasteiger partial charge in [0, 0.05) is 24.3 Å². The van der Waals surface area contributed by atoms with Crippen molar-refractivity contribution in [2.75, 3.05) is 18.4 Å². The first-order chi connectivity index (χ1) is 17.1. The summed E-state index contributed by atoms with van der Waals surface area (Å²) in [6.07, 6.45) is 2.41. The number of carbonyl (C=O) groups excluding carboxylic acids is 1. The minimum absolute atomic E-state index is 0.0106. The smallest absolute Gasteiger partial charge is 0.257 e. The van der Waals surface area contributed by atoms with E-state index >= 15 is 0 Å². The highest BCUT2D eigenvalue weighted by molar-refractivity contribution is 7.89. The van der Waals surface area contributed by atoms with Crippen LogP contribution in [0.1, 0.15) is 40.2 Å². The van der Waals surface area contributed by atoms with E-state index in [1.807, 2.05) is 6.07 Å². The topological polar surface area (TPSA) is 129 Å². The van der Waals surface area contributed by atoms with Gasteiger partial charge < -0.3 is 10.2 Å². The van der Waals surface area contributed by atoms with Crippen LogP contribution in [0.3, 0.4) is 0 Å². The molecule has 1 amide bonds.